The Kier molecular flexibility index (Phi) is 3.33. The molecule has 0 aromatic carbocycles. The Morgan fingerprint density at radius 3 is 3.07 bits per heavy atom. The van der Waals surface area contributed by atoms with Crippen LogP contribution in [0.3, 0.4) is 0 Å². The molecular formula is C10H18N4O. The molecule has 1 aliphatic rings. The van der Waals surface area contributed by atoms with Crippen LogP contribution in [0.2, 0.25) is 0 Å². The van der Waals surface area contributed by atoms with Gasteiger partial charge in [-0.2, -0.15) is 4.98 Å². The third-order valence-corrected chi connectivity index (χ3v) is 3.05. The summed E-state index contributed by atoms with van der Waals surface area (Å²) >= 11 is 0. The maximum atomic E-state index is 5.71. The summed E-state index contributed by atoms with van der Waals surface area (Å²) in [6, 6.07) is 0.522. The van der Waals surface area contributed by atoms with Crippen molar-refractivity contribution in [2.75, 3.05) is 6.54 Å². The SMILES string of the molecule is Cc1nc(CNC2CCCC2CN)no1. The van der Waals surface area contributed by atoms with Crippen LogP contribution in [0, 0.1) is 12.8 Å². The lowest BCUT2D eigenvalue weighted by Gasteiger charge is -2.18. The molecule has 0 amide bonds. The Bertz CT molecular complexity index is 312. The third-order valence-electron chi connectivity index (χ3n) is 3.05. The first-order chi connectivity index (χ1) is 7.29. The predicted octanol–water partition coefficient (Wildman–Crippen LogP) is 0.595. The molecule has 0 aliphatic heterocycles. The van der Waals surface area contributed by atoms with Gasteiger partial charge >= 0.3 is 0 Å². The molecule has 5 heteroatoms. The average molecular weight is 210 g/mol. The van der Waals surface area contributed by atoms with Crippen molar-refractivity contribution in [3.05, 3.63) is 11.7 Å². The first-order valence-electron chi connectivity index (χ1n) is 5.52. The highest BCUT2D eigenvalue weighted by Crippen LogP contribution is 2.24. The van der Waals surface area contributed by atoms with Crippen LogP contribution in [0.25, 0.3) is 0 Å². The molecule has 0 spiro atoms. The molecule has 2 unspecified atom stereocenters. The van der Waals surface area contributed by atoms with Crippen molar-refractivity contribution in [2.24, 2.45) is 11.7 Å². The molecular weight excluding hydrogens is 192 g/mol. The van der Waals surface area contributed by atoms with Crippen LogP contribution in [-0.4, -0.2) is 22.7 Å². The Morgan fingerprint density at radius 1 is 1.53 bits per heavy atom. The largest absolute Gasteiger partial charge is 0.340 e. The lowest BCUT2D eigenvalue weighted by atomic mass is 10.0. The Balaban J connectivity index is 1.82. The third kappa shape index (κ3) is 2.54. The van der Waals surface area contributed by atoms with Gasteiger partial charge in [0.05, 0.1) is 6.54 Å². The second kappa shape index (κ2) is 4.72. The number of rotatable bonds is 4. The van der Waals surface area contributed by atoms with E-state index >= 15 is 0 Å². The summed E-state index contributed by atoms with van der Waals surface area (Å²) in [5, 5.41) is 7.29. The molecule has 1 aliphatic carbocycles. The van der Waals surface area contributed by atoms with Gasteiger partial charge in [-0.25, -0.2) is 0 Å². The summed E-state index contributed by atoms with van der Waals surface area (Å²) in [5.41, 5.74) is 5.71. The maximum Gasteiger partial charge on any atom is 0.223 e. The number of nitrogens with two attached hydrogens (primary N) is 1. The number of hydrogen-bond donors (Lipinski definition) is 2. The van der Waals surface area contributed by atoms with Crippen molar-refractivity contribution >= 4 is 0 Å². The summed E-state index contributed by atoms with van der Waals surface area (Å²) in [5.74, 6) is 1.96. The van der Waals surface area contributed by atoms with E-state index in [4.69, 9.17) is 10.3 Å². The van der Waals surface area contributed by atoms with E-state index in [1.165, 1.54) is 19.3 Å². The normalized spacial score (nSPS) is 26.0. The van der Waals surface area contributed by atoms with E-state index in [0.717, 1.165) is 12.4 Å². The molecule has 84 valence electrons. The van der Waals surface area contributed by atoms with Crippen LogP contribution in [0.15, 0.2) is 4.52 Å². The quantitative estimate of drug-likeness (QED) is 0.760. The second-order valence-corrected chi connectivity index (χ2v) is 4.14. The number of hydrogen-bond acceptors (Lipinski definition) is 5. The van der Waals surface area contributed by atoms with Gasteiger partial charge in [0, 0.05) is 13.0 Å². The molecule has 2 atom stereocenters. The Hall–Kier alpha value is -0.940. The molecule has 1 fully saturated rings. The second-order valence-electron chi connectivity index (χ2n) is 4.14. The van der Waals surface area contributed by atoms with Crippen LogP contribution in [0.4, 0.5) is 0 Å². The predicted molar refractivity (Wildman–Crippen MR) is 56.1 cm³/mol. The maximum absolute atomic E-state index is 5.71. The van der Waals surface area contributed by atoms with Crippen molar-refractivity contribution in [3.8, 4) is 0 Å². The molecule has 1 heterocycles. The fourth-order valence-electron chi connectivity index (χ4n) is 2.22. The topological polar surface area (TPSA) is 77.0 Å². The molecule has 2 rings (SSSR count). The molecule has 0 bridgehead atoms. The zero-order valence-corrected chi connectivity index (χ0v) is 9.07. The van der Waals surface area contributed by atoms with Crippen LogP contribution in [-0.2, 0) is 6.54 Å². The molecule has 5 nitrogen and oxygen atoms in total. The van der Waals surface area contributed by atoms with E-state index in [2.05, 4.69) is 15.5 Å². The van der Waals surface area contributed by atoms with E-state index in [9.17, 15) is 0 Å². The van der Waals surface area contributed by atoms with E-state index < -0.39 is 0 Å². The first kappa shape index (κ1) is 10.6. The Labute approximate surface area is 89.4 Å². The van der Waals surface area contributed by atoms with Crippen LogP contribution in [0.1, 0.15) is 31.0 Å². The fourth-order valence-corrected chi connectivity index (χ4v) is 2.22. The number of aromatic nitrogens is 2. The zero-order valence-electron chi connectivity index (χ0n) is 9.07. The van der Waals surface area contributed by atoms with Gasteiger partial charge in [0.25, 0.3) is 0 Å². The molecule has 0 saturated heterocycles. The minimum atomic E-state index is 0.522. The van der Waals surface area contributed by atoms with E-state index in [1.54, 1.807) is 6.92 Å². The van der Waals surface area contributed by atoms with Gasteiger partial charge in [-0.1, -0.05) is 11.6 Å². The van der Waals surface area contributed by atoms with Gasteiger partial charge in [0.15, 0.2) is 5.82 Å². The van der Waals surface area contributed by atoms with Crippen molar-refractivity contribution in [3.63, 3.8) is 0 Å². The van der Waals surface area contributed by atoms with E-state index in [-0.39, 0.29) is 0 Å². The van der Waals surface area contributed by atoms with E-state index in [1.807, 2.05) is 0 Å². The highest BCUT2D eigenvalue weighted by Gasteiger charge is 2.25. The van der Waals surface area contributed by atoms with Crippen LogP contribution >= 0.6 is 0 Å². The Morgan fingerprint density at radius 2 is 2.40 bits per heavy atom. The number of nitrogens with one attached hydrogen (secondary N) is 1. The molecule has 1 aromatic rings. The molecule has 3 N–H and O–H groups in total. The van der Waals surface area contributed by atoms with Crippen LogP contribution in [0.5, 0.6) is 0 Å². The monoisotopic (exact) mass is 210 g/mol. The lowest BCUT2D eigenvalue weighted by Crippen LogP contribution is -2.35. The lowest BCUT2D eigenvalue weighted by molar-refractivity contribution is 0.373. The number of aryl methyl sites for hydroxylation is 1. The summed E-state index contributed by atoms with van der Waals surface area (Å²) in [4.78, 5) is 4.15. The molecule has 1 aromatic heterocycles. The summed E-state index contributed by atoms with van der Waals surface area (Å²) in [6.07, 6.45) is 3.71. The van der Waals surface area contributed by atoms with Crippen LogP contribution < -0.4 is 11.1 Å². The van der Waals surface area contributed by atoms with Gasteiger partial charge in [-0.15, -0.1) is 0 Å². The highest BCUT2D eigenvalue weighted by molar-refractivity contribution is 4.88. The number of nitrogens with zero attached hydrogens (tertiary/aromatic N) is 2. The summed E-state index contributed by atoms with van der Waals surface area (Å²) in [6.45, 7) is 3.25. The van der Waals surface area contributed by atoms with Crippen molar-refractivity contribution in [1.29, 1.82) is 0 Å². The standard InChI is InChI=1S/C10H18N4O/c1-7-13-10(14-15-7)6-12-9-4-2-3-8(9)5-11/h8-9,12H,2-6,11H2,1H3. The van der Waals surface area contributed by atoms with Gasteiger partial charge in [0.2, 0.25) is 5.89 Å². The minimum Gasteiger partial charge on any atom is -0.340 e. The molecule has 1 saturated carbocycles. The zero-order chi connectivity index (χ0) is 10.7. The van der Waals surface area contributed by atoms with Gasteiger partial charge in [-0.3, -0.25) is 0 Å². The van der Waals surface area contributed by atoms with Crippen molar-refractivity contribution in [2.45, 2.75) is 38.8 Å². The minimum absolute atomic E-state index is 0.522. The summed E-state index contributed by atoms with van der Waals surface area (Å²) in [7, 11) is 0. The molecule has 0 radical (unpaired) electrons. The van der Waals surface area contributed by atoms with Crippen molar-refractivity contribution < 1.29 is 4.52 Å². The average Bonchev–Trinajstić information content (AvgIpc) is 2.83. The van der Waals surface area contributed by atoms with Crippen molar-refractivity contribution in [1.82, 2.24) is 15.5 Å². The van der Waals surface area contributed by atoms with Gasteiger partial charge in [0.1, 0.15) is 0 Å². The first-order valence-corrected chi connectivity index (χ1v) is 5.52. The fraction of sp³-hybridized carbons (Fsp3) is 0.800. The van der Waals surface area contributed by atoms with Gasteiger partial charge < -0.3 is 15.6 Å². The molecule has 15 heavy (non-hydrogen) atoms. The summed E-state index contributed by atoms with van der Waals surface area (Å²) < 4.78 is 4.91. The highest BCUT2D eigenvalue weighted by atomic mass is 16.5. The smallest absolute Gasteiger partial charge is 0.223 e. The van der Waals surface area contributed by atoms with Gasteiger partial charge in [-0.05, 0) is 25.3 Å². The van der Waals surface area contributed by atoms with E-state index in [0.29, 0.717) is 24.4 Å².